The molecule has 0 N–H and O–H groups in total. The smallest absolute Gasteiger partial charge is 0.242 e. The largest absolute Gasteiger partial charge is 0.341 e. The number of hydrogen-bond donors (Lipinski definition) is 0. The van der Waals surface area contributed by atoms with Gasteiger partial charge >= 0.3 is 0 Å². The summed E-state index contributed by atoms with van der Waals surface area (Å²) in [5, 5.41) is 0.965. The lowest BCUT2D eigenvalue weighted by Gasteiger charge is -2.35. The molecule has 1 amide bonds. The maximum atomic E-state index is 13.5. The van der Waals surface area contributed by atoms with Gasteiger partial charge in [-0.15, -0.1) is 0 Å². The summed E-state index contributed by atoms with van der Waals surface area (Å²) < 4.78 is 15.4. The van der Waals surface area contributed by atoms with Gasteiger partial charge in [-0.1, -0.05) is 13.8 Å². The van der Waals surface area contributed by atoms with E-state index in [4.69, 9.17) is 0 Å². The summed E-state index contributed by atoms with van der Waals surface area (Å²) in [5.41, 5.74) is 0.782. The minimum Gasteiger partial charge on any atom is -0.341 e. The van der Waals surface area contributed by atoms with Gasteiger partial charge in [0, 0.05) is 25.8 Å². The molecule has 0 spiro atoms. The lowest BCUT2D eigenvalue weighted by atomic mass is 9.97. The van der Waals surface area contributed by atoms with Gasteiger partial charge in [0.25, 0.3) is 0 Å². The van der Waals surface area contributed by atoms with E-state index in [2.05, 4.69) is 18.7 Å². The van der Waals surface area contributed by atoms with Gasteiger partial charge in [-0.3, -0.25) is 4.79 Å². The van der Waals surface area contributed by atoms with Gasteiger partial charge in [-0.05, 0) is 61.5 Å². The van der Waals surface area contributed by atoms with Crippen molar-refractivity contribution >= 4 is 16.8 Å². The number of carbonyl (C=O) groups excluding carboxylic acids is 1. The summed E-state index contributed by atoms with van der Waals surface area (Å²) in [6.45, 7) is 9.50. The Bertz CT molecular complexity index is 723. The number of benzene rings is 1. The van der Waals surface area contributed by atoms with Crippen molar-refractivity contribution in [2.75, 3.05) is 32.7 Å². The number of rotatable bonds is 6. The molecule has 0 bridgehead atoms. The van der Waals surface area contributed by atoms with E-state index in [1.807, 2.05) is 21.7 Å². The third-order valence-corrected chi connectivity index (χ3v) is 5.32. The fourth-order valence-electron chi connectivity index (χ4n) is 3.83. The molecule has 1 aliphatic heterocycles. The van der Waals surface area contributed by atoms with Crippen molar-refractivity contribution in [1.29, 1.82) is 0 Å². The highest BCUT2D eigenvalue weighted by molar-refractivity contribution is 5.83. The summed E-state index contributed by atoms with van der Waals surface area (Å²) in [6.07, 6.45) is 4.13. The van der Waals surface area contributed by atoms with Crippen LogP contribution >= 0.6 is 0 Å². The van der Waals surface area contributed by atoms with Crippen LogP contribution < -0.4 is 0 Å². The number of amides is 1. The highest BCUT2D eigenvalue weighted by Gasteiger charge is 2.25. The zero-order chi connectivity index (χ0) is 17.8. The lowest BCUT2D eigenvalue weighted by molar-refractivity contribution is -0.133. The quantitative estimate of drug-likeness (QED) is 0.803. The first-order valence-corrected chi connectivity index (χ1v) is 9.35. The van der Waals surface area contributed by atoms with E-state index in [0.717, 1.165) is 50.0 Å². The first-order chi connectivity index (χ1) is 12.1. The number of aromatic nitrogens is 1. The Morgan fingerprint density at radius 3 is 2.84 bits per heavy atom. The number of hydrogen-bond acceptors (Lipinski definition) is 2. The highest BCUT2D eigenvalue weighted by atomic mass is 19.1. The van der Waals surface area contributed by atoms with Gasteiger partial charge in [0.2, 0.25) is 5.91 Å². The van der Waals surface area contributed by atoms with Gasteiger partial charge < -0.3 is 14.4 Å². The van der Waals surface area contributed by atoms with Gasteiger partial charge in [-0.2, -0.15) is 0 Å². The molecule has 136 valence electrons. The summed E-state index contributed by atoms with van der Waals surface area (Å²) in [4.78, 5) is 17.2. The van der Waals surface area contributed by atoms with Crippen LogP contribution in [0.5, 0.6) is 0 Å². The molecule has 5 heteroatoms. The molecule has 1 aromatic carbocycles. The molecule has 1 aromatic heterocycles. The summed E-state index contributed by atoms with van der Waals surface area (Å²) >= 11 is 0. The predicted octanol–water partition coefficient (Wildman–Crippen LogP) is 3.36. The van der Waals surface area contributed by atoms with Crippen LogP contribution in [0, 0.1) is 11.7 Å². The first kappa shape index (κ1) is 17.9. The molecule has 3 rings (SSSR count). The van der Waals surface area contributed by atoms with Crippen molar-refractivity contribution in [3.8, 4) is 0 Å². The summed E-state index contributed by atoms with van der Waals surface area (Å²) in [7, 11) is 0. The minimum absolute atomic E-state index is 0.131. The van der Waals surface area contributed by atoms with Crippen LogP contribution in [0.25, 0.3) is 10.9 Å². The fraction of sp³-hybridized carbons (Fsp3) is 0.550. The van der Waals surface area contributed by atoms with Crippen LogP contribution in [0.4, 0.5) is 4.39 Å². The summed E-state index contributed by atoms with van der Waals surface area (Å²) in [5.74, 6) is 0.416. The number of fused-ring (bicyclic) bond motifs is 1. The van der Waals surface area contributed by atoms with Crippen molar-refractivity contribution in [3.05, 3.63) is 36.3 Å². The zero-order valence-corrected chi connectivity index (χ0v) is 15.2. The number of piperidine rings is 1. The van der Waals surface area contributed by atoms with Crippen LogP contribution in [0.15, 0.2) is 30.5 Å². The lowest BCUT2D eigenvalue weighted by Crippen LogP contribution is -2.44. The second kappa shape index (κ2) is 8.00. The molecule has 1 atom stereocenters. The van der Waals surface area contributed by atoms with Crippen molar-refractivity contribution in [2.45, 2.75) is 33.2 Å². The Hall–Kier alpha value is -1.88. The van der Waals surface area contributed by atoms with E-state index in [1.165, 1.54) is 18.6 Å². The van der Waals surface area contributed by atoms with Crippen molar-refractivity contribution in [2.24, 2.45) is 5.92 Å². The average molecular weight is 345 g/mol. The Balaban J connectivity index is 1.65. The molecule has 1 fully saturated rings. The normalized spacial score (nSPS) is 18.2. The molecule has 2 heterocycles. The number of carbonyl (C=O) groups is 1. The van der Waals surface area contributed by atoms with E-state index >= 15 is 0 Å². The molecule has 1 saturated heterocycles. The second-order valence-electron chi connectivity index (χ2n) is 6.98. The van der Waals surface area contributed by atoms with E-state index in [9.17, 15) is 9.18 Å². The summed E-state index contributed by atoms with van der Waals surface area (Å²) in [6, 6.07) is 6.65. The van der Waals surface area contributed by atoms with Crippen LogP contribution in [0.2, 0.25) is 0 Å². The van der Waals surface area contributed by atoms with Crippen molar-refractivity contribution in [1.82, 2.24) is 14.4 Å². The Labute approximate surface area is 149 Å². The second-order valence-corrected chi connectivity index (χ2v) is 6.98. The third-order valence-electron chi connectivity index (χ3n) is 5.32. The van der Waals surface area contributed by atoms with E-state index in [1.54, 1.807) is 6.07 Å². The molecule has 0 saturated carbocycles. The number of halogens is 1. The van der Waals surface area contributed by atoms with E-state index < -0.39 is 0 Å². The highest BCUT2D eigenvalue weighted by Crippen LogP contribution is 2.20. The fourth-order valence-corrected chi connectivity index (χ4v) is 3.83. The van der Waals surface area contributed by atoms with Crippen LogP contribution in [0.3, 0.4) is 0 Å². The molecule has 25 heavy (non-hydrogen) atoms. The molecule has 0 radical (unpaired) electrons. The van der Waals surface area contributed by atoms with Gasteiger partial charge in [0.15, 0.2) is 0 Å². The molecule has 2 aromatic rings. The van der Waals surface area contributed by atoms with Gasteiger partial charge in [0.1, 0.15) is 12.4 Å². The Morgan fingerprint density at radius 1 is 1.28 bits per heavy atom. The van der Waals surface area contributed by atoms with E-state index in [-0.39, 0.29) is 18.3 Å². The Morgan fingerprint density at radius 2 is 2.08 bits per heavy atom. The molecular formula is C20H28FN3O. The van der Waals surface area contributed by atoms with Crippen LogP contribution in [-0.4, -0.2) is 53.0 Å². The maximum Gasteiger partial charge on any atom is 0.242 e. The zero-order valence-electron chi connectivity index (χ0n) is 15.2. The first-order valence-electron chi connectivity index (χ1n) is 9.35. The minimum atomic E-state index is -0.267. The topological polar surface area (TPSA) is 28.5 Å². The third kappa shape index (κ3) is 4.21. The molecule has 1 aliphatic rings. The monoisotopic (exact) mass is 345 g/mol. The Kier molecular flexibility index (Phi) is 5.74. The van der Waals surface area contributed by atoms with Crippen LogP contribution in [-0.2, 0) is 11.3 Å². The molecule has 1 unspecified atom stereocenters. The van der Waals surface area contributed by atoms with Crippen LogP contribution in [0.1, 0.15) is 26.7 Å². The van der Waals surface area contributed by atoms with Crippen molar-refractivity contribution < 1.29 is 9.18 Å². The molecule has 4 nitrogen and oxygen atoms in total. The van der Waals surface area contributed by atoms with Gasteiger partial charge in [-0.25, -0.2) is 4.39 Å². The molecular weight excluding hydrogens is 317 g/mol. The predicted molar refractivity (Wildman–Crippen MR) is 99.0 cm³/mol. The molecule has 0 aliphatic carbocycles. The van der Waals surface area contributed by atoms with Gasteiger partial charge in [0.05, 0.1) is 5.52 Å². The van der Waals surface area contributed by atoms with E-state index in [0.29, 0.717) is 5.92 Å². The number of likely N-dealkylation sites (tertiary alicyclic amines) is 1. The number of nitrogens with zero attached hydrogens (tertiary/aromatic N) is 3. The standard InChI is InChI=1S/C20H28FN3O/c1-3-22(4-2)13-16-6-5-10-24(14-16)20(25)15-23-11-9-17-7-8-18(21)12-19(17)23/h7-9,11-12,16H,3-6,10,13-15H2,1-2H3. The maximum absolute atomic E-state index is 13.5. The van der Waals surface area contributed by atoms with Crippen molar-refractivity contribution in [3.63, 3.8) is 0 Å². The average Bonchev–Trinajstić information content (AvgIpc) is 3.02. The SMILES string of the molecule is CCN(CC)CC1CCCN(C(=O)Cn2ccc3ccc(F)cc32)C1.